The second-order valence-electron chi connectivity index (χ2n) is 11.7. The molecule has 6 aliphatic carbocycles. The molecule has 0 heteroatoms. The Balaban J connectivity index is 1.40. The van der Waals surface area contributed by atoms with Crippen LogP contribution < -0.4 is 0 Å². The largest absolute Gasteiger partial charge is 0.0651 e. The molecule has 8 unspecified atom stereocenters. The number of hydrogen-bond acceptors (Lipinski definition) is 0. The Morgan fingerprint density at radius 2 is 1.60 bits per heavy atom. The minimum Gasteiger partial charge on any atom is -0.0651 e. The minimum atomic E-state index is 0.743. The van der Waals surface area contributed by atoms with E-state index in [1.165, 1.54) is 18.3 Å². The topological polar surface area (TPSA) is 0 Å². The molecule has 6 saturated carbocycles. The van der Waals surface area contributed by atoms with Crippen molar-refractivity contribution in [1.82, 2.24) is 0 Å². The highest BCUT2D eigenvalue weighted by atomic mass is 14.8. The van der Waals surface area contributed by atoms with Crippen LogP contribution in [0.3, 0.4) is 0 Å². The van der Waals surface area contributed by atoms with Crippen LogP contribution in [0.1, 0.15) is 97.3 Å². The van der Waals surface area contributed by atoms with E-state index >= 15 is 0 Å². The highest BCUT2D eigenvalue weighted by molar-refractivity contribution is 5.24. The van der Waals surface area contributed by atoms with E-state index < -0.39 is 0 Å². The van der Waals surface area contributed by atoms with Gasteiger partial charge in [0.25, 0.3) is 0 Å². The summed E-state index contributed by atoms with van der Waals surface area (Å²) in [4.78, 5) is 0. The summed E-state index contributed by atoms with van der Waals surface area (Å²) in [5.41, 5.74) is 1.56. The summed E-state index contributed by atoms with van der Waals surface area (Å²) in [6.07, 6.45) is 20.6. The lowest BCUT2D eigenvalue weighted by molar-refractivity contribution is -0.127. The predicted molar refractivity (Wildman–Crippen MR) is 104 cm³/mol. The first-order valence-corrected chi connectivity index (χ1v) is 12.2. The Hall–Kier alpha value is 0. The molecule has 0 nitrogen and oxygen atoms in total. The first-order chi connectivity index (χ1) is 12.2. The summed E-state index contributed by atoms with van der Waals surface area (Å²) in [6.45, 7) is 5.37. The molecule has 0 amide bonds. The fraction of sp³-hybridized carbons (Fsp3) is 1.00. The molecule has 6 aliphatic rings. The second kappa shape index (κ2) is 5.29. The molecule has 140 valence electrons. The van der Waals surface area contributed by atoms with Gasteiger partial charge in [-0.1, -0.05) is 52.4 Å². The highest BCUT2D eigenvalue weighted by Gasteiger charge is 2.76. The predicted octanol–water partition coefficient (Wildman–Crippen LogP) is 7.08. The van der Waals surface area contributed by atoms with Crippen LogP contribution in [-0.2, 0) is 0 Å². The highest BCUT2D eigenvalue weighted by Crippen LogP contribution is 2.82. The van der Waals surface area contributed by atoms with Crippen LogP contribution in [0.15, 0.2) is 0 Å². The number of rotatable bonds is 1. The first-order valence-electron chi connectivity index (χ1n) is 12.2. The van der Waals surface area contributed by atoms with Crippen LogP contribution in [-0.4, -0.2) is 0 Å². The van der Waals surface area contributed by atoms with Crippen LogP contribution in [0, 0.1) is 58.2 Å². The van der Waals surface area contributed by atoms with E-state index in [1.807, 2.05) is 0 Å². The standard InChI is InChI=1S/C25H40/c1-3-16-14-17-8-4-5-9-18(17)19-10-13-24(2)23(22(16)19)20-15-21(20)25(24)11-6-7-12-25/h16-23H,3-15H2,1-2H3/t16?,17?,18?,19?,20?,21?,22?,23?,24-/m0/s1. The van der Waals surface area contributed by atoms with Gasteiger partial charge in [-0.25, -0.2) is 0 Å². The zero-order chi connectivity index (χ0) is 16.8. The maximum absolute atomic E-state index is 2.82. The average molecular weight is 341 g/mol. The summed E-state index contributed by atoms with van der Waals surface area (Å²) >= 11 is 0. The molecular formula is C25H40. The molecule has 0 aromatic carbocycles. The number of fused-ring (bicyclic) bond motifs is 9. The molecule has 6 rings (SSSR count). The fourth-order valence-electron chi connectivity index (χ4n) is 10.7. The Morgan fingerprint density at radius 3 is 2.40 bits per heavy atom. The lowest BCUT2D eigenvalue weighted by Crippen LogP contribution is -2.54. The maximum Gasteiger partial charge on any atom is -0.0210 e. The smallest absolute Gasteiger partial charge is 0.0210 e. The maximum atomic E-state index is 2.82. The molecule has 0 N–H and O–H groups in total. The Kier molecular flexibility index (Phi) is 3.38. The van der Waals surface area contributed by atoms with Gasteiger partial charge in [-0.05, 0) is 103 Å². The minimum absolute atomic E-state index is 0.743. The molecule has 1 spiro atoms. The third-order valence-corrected chi connectivity index (χ3v) is 11.5. The van der Waals surface area contributed by atoms with Gasteiger partial charge in [0, 0.05) is 0 Å². The van der Waals surface area contributed by atoms with Crippen molar-refractivity contribution in [1.29, 1.82) is 0 Å². The van der Waals surface area contributed by atoms with Gasteiger partial charge in [0.1, 0.15) is 0 Å². The van der Waals surface area contributed by atoms with Gasteiger partial charge >= 0.3 is 0 Å². The molecular weight excluding hydrogens is 300 g/mol. The fourth-order valence-corrected chi connectivity index (χ4v) is 10.7. The molecule has 0 aliphatic heterocycles. The third kappa shape index (κ3) is 1.86. The second-order valence-corrected chi connectivity index (χ2v) is 11.7. The van der Waals surface area contributed by atoms with E-state index in [1.54, 1.807) is 77.0 Å². The van der Waals surface area contributed by atoms with Crippen molar-refractivity contribution in [3.8, 4) is 0 Å². The van der Waals surface area contributed by atoms with Gasteiger partial charge in [-0.2, -0.15) is 0 Å². The van der Waals surface area contributed by atoms with E-state index in [0.29, 0.717) is 0 Å². The van der Waals surface area contributed by atoms with Crippen LogP contribution in [0.25, 0.3) is 0 Å². The van der Waals surface area contributed by atoms with Crippen molar-refractivity contribution in [2.45, 2.75) is 97.3 Å². The van der Waals surface area contributed by atoms with E-state index in [9.17, 15) is 0 Å². The van der Waals surface area contributed by atoms with Gasteiger partial charge in [0.05, 0.1) is 0 Å². The van der Waals surface area contributed by atoms with Crippen molar-refractivity contribution in [2.75, 3.05) is 0 Å². The zero-order valence-electron chi connectivity index (χ0n) is 16.8. The summed E-state index contributed by atoms with van der Waals surface area (Å²) in [5.74, 6) is 9.12. The van der Waals surface area contributed by atoms with Gasteiger partial charge in [0.2, 0.25) is 0 Å². The molecule has 6 fully saturated rings. The average Bonchev–Trinajstić information content (AvgIpc) is 3.20. The molecule has 0 aromatic rings. The molecule has 0 saturated heterocycles. The van der Waals surface area contributed by atoms with E-state index in [2.05, 4.69) is 13.8 Å². The summed E-state index contributed by atoms with van der Waals surface area (Å²) in [6, 6.07) is 0. The lowest BCUT2D eigenvalue weighted by atomic mass is 9.43. The Morgan fingerprint density at radius 1 is 0.800 bits per heavy atom. The van der Waals surface area contributed by atoms with Crippen LogP contribution in [0.2, 0.25) is 0 Å². The lowest BCUT2D eigenvalue weighted by Gasteiger charge is -2.61. The quantitative estimate of drug-likeness (QED) is 0.478. The van der Waals surface area contributed by atoms with Crippen molar-refractivity contribution in [3.05, 3.63) is 0 Å². The Bertz CT molecular complexity index is 542. The molecule has 0 heterocycles. The summed E-state index contributed by atoms with van der Waals surface area (Å²) < 4.78 is 0. The zero-order valence-corrected chi connectivity index (χ0v) is 16.8. The Labute approximate surface area is 155 Å². The van der Waals surface area contributed by atoms with Gasteiger partial charge in [0.15, 0.2) is 0 Å². The van der Waals surface area contributed by atoms with Gasteiger partial charge in [-0.15, -0.1) is 0 Å². The van der Waals surface area contributed by atoms with Gasteiger partial charge in [-0.3, -0.25) is 0 Å². The van der Waals surface area contributed by atoms with Crippen molar-refractivity contribution in [2.24, 2.45) is 58.2 Å². The summed E-state index contributed by atoms with van der Waals surface area (Å²) in [7, 11) is 0. The number of hydrogen-bond donors (Lipinski definition) is 0. The summed E-state index contributed by atoms with van der Waals surface area (Å²) in [5, 5.41) is 0. The molecule has 9 atom stereocenters. The normalized spacial score (nSPS) is 58.3. The third-order valence-electron chi connectivity index (χ3n) is 11.5. The van der Waals surface area contributed by atoms with E-state index in [4.69, 9.17) is 0 Å². The van der Waals surface area contributed by atoms with Crippen LogP contribution in [0.5, 0.6) is 0 Å². The monoisotopic (exact) mass is 340 g/mol. The molecule has 0 radical (unpaired) electrons. The van der Waals surface area contributed by atoms with Crippen LogP contribution >= 0.6 is 0 Å². The molecule has 0 bridgehead atoms. The van der Waals surface area contributed by atoms with E-state index in [-0.39, 0.29) is 0 Å². The first kappa shape index (κ1) is 16.0. The molecule has 0 aromatic heterocycles. The van der Waals surface area contributed by atoms with Crippen molar-refractivity contribution < 1.29 is 0 Å². The SMILES string of the molecule is CCC1CC2CCCCC2C2CC[C@@]3(C)C(C4CC4C34CCCC4)C12. The van der Waals surface area contributed by atoms with Crippen molar-refractivity contribution >= 4 is 0 Å². The van der Waals surface area contributed by atoms with Crippen LogP contribution in [0.4, 0.5) is 0 Å². The molecule has 25 heavy (non-hydrogen) atoms. The van der Waals surface area contributed by atoms with Gasteiger partial charge < -0.3 is 0 Å². The van der Waals surface area contributed by atoms with E-state index in [0.717, 1.165) is 46.3 Å². The van der Waals surface area contributed by atoms with Crippen molar-refractivity contribution in [3.63, 3.8) is 0 Å².